The number of nitrogens with one attached hydrogen (secondary N) is 1. The van der Waals surface area contributed by atoms with Gasteiger partial charge in [-0.1, -0.05) is 18.2 Å². The van der Waals surface area contributed by atoms with Gasteiger partial charge < -0.3 is 10.2 Å². The third kappa shape index (κ3) is 3.47. The monoisotopic (exact) mass is 192 g/mol. The van der Waals surface area contributed by atoms with Crippen molar-refractivity contribution < 1.29 is 4.79 Å². The van der Waals surface area contributed by atoms with Gasteiger partial charge in [-0.05, 0) is 12.1 Å². The molecule has 14 heavy (non-hydrogen) atoms. The number of hydrogen-bond donors (Lipinski definition) is 1. The number of carbonyl (C=O) groups excluding carboxylic acids is 1. The van der Waals surface area contributed by atoms with Gasteiger partial charge in [-0.3, -0.25) is 4.79 Å². The number of nitrogens with zero attached hydrogens (tertiary/aromatic N) is 1. The number of benzene rings is 1. The molecule has 3 nitrogen and oxygen atoms in total. The third-order valence-electron chi connectivity index (χ3n) is 2.02. The lowest BCUT2D eigenvalue weighted by Gasteiger charge is -2.18. The topological polar surface area (TPSA) is 32.3 Å². The molecule has 3 heteroatoms. The third-order valence-corrected chi connectivity index (χ3v) is 2.02. The molecule has 76 valence electrons. The molecule has 0 spiro atoms. The zero-order valence-electron chi connectivity index (χ0n) is 8.66. The maximum Gasteiger partial charge on any atom is 0.216 e. The van der Waals surface area contributed by atoms with Gasteiger partial charge in [0.15, 0.2) is 0 Å². The Labute approximate surface area is 84.7 Å². The average Bonchev–Trinajstić information content (AvgIpc) is 2.18. The first kappa shape index (κ1) is 10.6. The van der Waals surface area contributed by atoms with E-state index in [0.29, 0.717) is 6.54 Å². The second-order valence-electron chi connectivity index (χ2n) is 3.24. The highest BCUT2D eigenvalue weighted by atomic mass is 16.1. The quantitative estimate of drug-likeness (QED) is 0.779. The van der Waals surface area contributed by atoms with E-state index >= 15 is 0 Å². The molecule has 0 aromatic heterocycles. The Hall–Kier alpha value is -1.51. The molecule has 0 heterocycles. The summed E-state index contributed by atoms with van der Waals surface area (Å²) >= 11 is 0. The molecule has 0 aliphatic heterocycles. The lowest BCUT2D eigenvalue weighted by atomic mass is 10.3. The molecule has 0 unspecified atom stereocenters. The van der Waals surface area contributed by atoms with Crippen molar-refractivity contribution in [3.05, 3.63) is 30.3 Å². The Kier molecular flexibility index (Phi) is 3.98. The van der Waals surface area contributed by atoms with Crippen LogP contribution in [0.5, 0.6) is 0 Å². The van der Waals surface area contributed by atoms with Gasteiger partial charge in [0.1, 0.15) is 0 Å². The number of anilines is 1. The van der Waals surface area contributed by atoms with Crippen LogP contribution in [0.25, 0.3) is 0 Å². The minimum absolute atomic E-state index is 0.0199. The zero-order valence-corrected chi connectivity index (χ0v) is 8.66. The Bertz CT molecular complexity index is 285. The first-order valence-corrected chi connectivity index (χ1v) is 4.71. The molecule has 0 aliphatic rings. The van der Waals surface area contributed by atoms with Gasteiger partial charge in [0, 0.05) is 32.7 Å². The smallest absolute Gasteiger partial charge is 0.216 e. The van der Waals surface area contributed by atoms with E-state index in [-0.39, 0.29) is 5.91 Å². The Morgan fingerprint density at radius 2 is 2.00 bits per heavy atom. The second-order valence-corrected chi connectivity index (χ2v) is 3.24. The SMILES string of the molecule is CC(=O)NCCN(C)c1ccccc1. The summed E-state index contributed by atoms with van der Waals surface area (Å²) in [5.74, 6) is 0.0199. The Morgan fingerprint density at radius 1 is 1.36 bits per heavy atom. The lowest BCUT2D eigenvalue weighted by Crippen LogP contribution is -2.31. The molecule has 0 radical (unpaired) electrons. The lowest BCUT2D eigenvalue weighted by molar-refractivity contribution is -0.118. The van der Waals surface area contributed by atoms with E-state index in [2.05, 4.69) is 10.2 Å². The van der Waals surface area contributed by atoms with Crippen LogP contribution < -0.4 is 10.2 Å². The highest BCUT2D eigenvalue weighted by Gasteiger charge is 1.98. The number of para-hydroxylation sites is 1. The molecular formula is C11H16N2O. The number of hydrogen-bond acceptors (Lipinski definition) is 2. The van der Waals surface area contributed by atoms with E-state index in [1.54, 1.807) is 0 Å². The Balaban J connectivity index is 2.36. The van der Waals surface area contributed by atoms with Gasteiger partial charge in [0.2, 0.25) is 5.91 Å². The van der Waals surface area contributed by atoms with Crippen LogP contribution in [-0.4, -0.2) is 26.0 Å². The summed E-state index contributed by atoms with van der Waals surface area (Å²) in [6, 6.07) is 10.1. The van der Waals surface area contributed by atoms with Crippen molar-refractivity contribution in [2.75, 3.05) is 25.0 Å². The first-order chi connectivity index (χ1) is 6.70. The van der Waals surface area contributed by atoms with Crippen LogP contribution in [0.15, 0.2) is 30.3 Å². The van der Waals surface area contributed by atoms with Gasteiger partial charge in [-0.15, -0.1) is 0 Å². The van der Waals surface area contributed by atoms with Gasteiger partial charge in [-0.2, -0.15) is 0 Å². The number of rotatable bonds is 4. The van der Waals surface area contributed by atoms with Gasteiger partial charge in [0.25, 0.3) is 0 Å². The fraction of sp³-hybridized carbons (Fsp3) is 0.364. The molecule has 1 aromatic carbocycles. The van der Waals surface area contributed by atoms with Crippen molar-refractivity contribution in [1.82, 2.24) is 5.32 Å². The van der Waals surface area contributed by atoms with E-state index < -0.39 is 0 Å². The summed E-state index contributed by atoms with van der Waals surface area (Å²) in [6.07, 6.45) is 0. The molecule has 0 saturated carbocycles. The van der Waals surface area contributed by atoms with Crippen molar-refractivity contribution in [1.29, 1.82) is 0 Å². The molecule has 1 N–H and O–H groups in total. The van der Waals surface area contributed by atoms with Crippen LogP contribution in [0.4, 0.5) is 5.69 Å². The molecule has 1 amide bonds. The van der Waals surface area contributed by atoms with Crippen LogP contribution >= 0.6 is 0 Å². The minimum Gasteiger partial charge on any atom is -0.373 e. The van der Waals surface area contributed by atoms with E-state index in [4.69, 9.17) is 0 Å². The molecule has 0 aliphatic carbocycles. The normalized spacial score (nSPS) is 9.57. The summed E-state index contributed by atoms with van der Waals surface area (Å²) in [6.45, 7) is 3.03. The van der Waals surface area contributed by atoms with Crippen LogP contribution in [0, 0.1) is 0 Å². The zero-order chi connectivity index (χ0) is 10.4. The molecule has 0 fully saturated rings. The van der Waals surface area contributed by atoms with Crippen LogP contribution in [0.3, 0.4) is 0 Å². The summed E-state index contributed by atoms with van der Waals surface area (Å²) < 4.78 is 0. The van der Waals surface area contributed by atoms with Gasteiger partial charge in [-0.25, -0.2) is 0 Å². The fourth-order valence-electron chi connectivity index (χ4n) is 1.21. The standard InChI is InChI=1S/C11H16N2O/c1-10(14)12-8-9-13(2)11-6-4-3-5-7-11/h3-7H,8-9H2,1-2H3,(H,12,14). The molecule has 1 aromatic rings. The van der Waals surface area contributed by atoms with Crippen molar-refractivity contribution >= 4 is 11.6 Å². The molecule has 0 saturated heterocycles. The molecule has 0 bridgehead atoms. The number of likely N-dealkylation sites (N-methyl/N-ethyl adjacent to an activating group) is 1. The van der Waals surface area contributed by atoms with Crippen LogP contribution in [0.2, 0.25) is 0 Å². The summed E-state index contributed by atoms with van der Waals surface area (Å²) in [5, 5.41) is 2.77. The highest BCUT2D eigenvalue weighted by molar-refractivity contribution is 5.72. The average molecular weight is 192 g/mol. The minimum atomic E-state index is 0.0199. The first-order valence-electron chi connectivity index (χ1n) is 4.71. The van der Waals surface area contributed by atoms with E-state index in [1.807, 2.05) is 37.4 Å². The molecule has 1 rings (SSSR count). The van der Waals surface area contributed by atoms with E-state index in [0.717, 1.165) is 12.2 Å². The predicted octanol–water partition coefficient (Wildman–Crippen LogP) is 1.26. The van der Waals surface area contributed by atoms with E-state index in [1.165, 1.54) is 6.92 Å². The summed E-state index contributed by atoms with van der Waals surface area (Å²) in [4.78, 5) is 12.7. The molecular weight excluding hydrogens is 176 g/mol. The van der Waals surface area contributed by atoms with E-state index in [9.17, 15) is 4.79 Å². The summed E-state index contributed by atoms with van der Waals surface area (Å²) in [5.41, 5.74) is 1.16. The predicted molar refractivity (Wildman–Crippen MR) is 58.4 cm³/mol. The van der Waals surface area contributed by atoms with Crippen LogP contribution in [-0.2, 0) is 4.79 Å². The van der Waals surface area contributed by atoms with Crippen molar-refractivity contribution in [3.63, 3.8) is 0 Å². The number of carbonyl (C=O) groups is 1. The van der Waals surface area contributed by atoms with Crippen molar-refractivity contribution in [2.24, 2.45) is 0 Å². The Morgan fingerprint density at radius 3 is 2.57 bits per heavy atom. The summed E-state index contributed by atoms with van der Waals surface area (Å²) in [7, 11) is 2.01. The molecule has 0 atom stereocenters. The second kappa shape index (κ2) is 5.27. The van der Waals surface area contributed by atoms with Crippen LogP contribution in [0.1, 0.15) is 6.92 Å². The van der Waals surface area contributed by atoms with Crippen molar-refractivity contribution in [3.8, 4) is 0 Å². The maximum absolute atomic E-state index is 10.6. The highest BCUT2D eigenvalue weighted by Crippen LogP contribution is 2.09. The number of amides is 1. The largest absolute Gasteiger partial charge is 0.373 e. The van der Waals surface area contributed by atoms with Crippen molar-refractivity contribution in [2.45, 2.75) is 6.92 Å². The van der Waals surface area contributed by atoms with Gasteiger partial charge >= 0.3 is 0 Å². The van der Waals surface area contributed by atoms with Gasteiger partial charge in [0.05, 0.1) is 0 Å². The fourth-order valence-corrected chi connectivity index (χ4v) is 1.21. The maximum atomic E-state index is 10.6.